The number of hydrogen-bond acceptors (Lipinski definition) is 1. The van der Waals surface area contributed by atoms with Crippen molar-refractivity contribution in [2.75, 3.05) is 0 Å². The molecule has 0 atom stereocenters. The second-order valence-corrected chi connectivity index (χ2v) is 6.15. The summed E-state index contributed by atoms with van der Waals surface area (Å²) in [7, 11) is 0. The summed E-state index contributed by atoms with van der Waals surface area (Å²) in [6.45, 7) is 0. The normalized spacial score (nSPS) is 12.5. The Morgan fingerprint density at radius 2 is 1.10 bits per heavy atom. The zero-order valence-corrected chi connectivity index (χ0v) is 12.3. The quantitative estimate of drug-likeness (QED) is 0.430. The lowest BCUT2D eigenvalue weighted by molar-refractivity contribution is 1.29. The predicted octanol–water partition coefficient (Wildman–Crippen LogP) is 5.74. The van der Waals surface area contributed by atoms with Crippen LogP contribution >= 0.6 is 11.8 Å². The summed E-state index contributed by atoms with van der Waals surface area (Å²) >= 11 is 1.86. The molecule has 0 saturated heterocycles. The fraction of sp³-hybridized carbons (Fsp3) is 0. The molecule has 0 fully saturated rings. The van der Waals surface area contributed by atoms with Crippen LogP contribution in [0.1, 0.15) is 16.7 Å². The van der Waals surface area contributed by atoms with E-state index in [1.165, 1.54) is 32.1 Å². The van der Waals surface area contributed by atoms with Crippen LogP contribution in [-0.4, -0.2) is 0 Å². The molecule has 3 aromatic rings. The number of benzene rings is 3. The number of hydrogen-bond donors (Lipinski definition) is 0. The van der Waals surface area contributed by atoms with Crippen LogP contribution in [0.2, 0.25) is 0 Å². The Morgan fingerprint density at radius 3 is 1.71 bits per heavy atom. The Kier molecular flexibility index (Phi) is 3.13. The van der Waals surface area contributed by atoms with Gasteiger partial charge in [0.2, 0.25) is 0 Å². The van der Waals surface area contributed by atoms with Gasteiger partial charge in [-0.3, -0.25) is 0 Å². The molecule has 1 heteroatoms. The first-order chi connectivity index (χ1) is 10.4. The van der Waals surface area contributed by atoms with Crippen LogP contribution in [0.25, 0.3) is 11.6 Å². The van der Waals surface area contributed by atoms with Gasteiger partial charge in [0.25, 0.3) is 0 Å². The molecular formula is C20H14S. The van der Waals surface area contributed by atoms with Crippen LogP contribution < -0.4 is 0 Å². The van der Waals surface area contributed by atoms with Gasteiger partial charge in [0.15, 0.2) is 0 Å². The Morgan fingerprint density at radius 1 is 0.571 bits per heavy atom. The lowest BCUT2D eigenvalue weighted by atomic mass is 9.95. The molecule has 1 heterocycles. The standard InChI is InChI=1S/C20H14S/c1-2-8-15(9-3-1)14-18-16-10-4-6-12-19(16)21-20-13-7-5-11-17(18)20/h1-14H. The van der Waals surface area contributed by atoms with Crippen molar-refractivity contribution in [1.29, 1.82) is 0 Å². The molecule has 0 aliphatic carbocycles. The van der Waals surface area contributed by atoms with Gasteiger partial charge in [-0.15, -0.1) is 0 Å². The molecule has 1 aliphatic rings. The summed E-state index contributed by atoms with van der Waals surface area (Å²) in [6, 6.07) is 27.8. The summed E-state index contributed by atoms with van der Waals surface area (Å²) in [4.78, 5) is 2.66. The maximum atomic E-state index is 2.29. The summed E-state index contributed by atoms with van der Waals surface area (Å²) in [5.74, 6) is 0. The molecule has 4 rings (SSSR count). The molecular weight excluding hydrogens is 272 g/mol. The number of fused-ring (bicyclic) bond motifs is 2. The summed E-state index contributed by atoms with van der Waals surface area (Å²) < 4.78 is 0. The maximum absolute atomic E-state index is 2.29. The van der Waals surface area contributed by atoms with E-state index in [9.17, 15) is 0 Å². The Bertz CT molecular complexity index is 769. The van der Waals surface area contributed by atoms with Gasteiger partial charge in [-0.1, -0.05) is 78.5 Å². The van der Waals surface area contributed by atoms with Crippen molar-refractivity contribution in [2.45, 2.75) is 9.79 Å². The van der Waals surface area contributed by atoms with Crippen LogP contribution in [0.3, 0.4) is 0 Å². The highest BCUT2D eigenvalue weighted by Crippen LogP contribution is 2.45. The van der Waals surface area contributed by atoms with Crippen LogP contribution in [0, 0.1) is 0 Å². The molecule has 0 bridgehead atoms. The first kappa shape index (κ1) is 12.5. The second kappa shape index (κ2) is 5.27. The predicted molar refractivity (Wildman–Crippen MR) is 90.4 cm³/mol. The highest BCUT2D eigenvalue weighted by Gasteiger charge is 2.19. The average molecular weight is 286 g/mol. The molecule has 0 amide bonds. The zero-order valence-electron chi connectivity index (χ0n) is 11.5. The SMILES string of the molecule is C(=C1c2ccccc2Sc2ccccc21)c1ccccc1. The molecule has 1 aliphatic heterocycles. The second-order valence-electron chi connectivity index (χ2n) is 5.06. The molecule has 0 nitrogen and oxygen atoms in total. The van der Waals surface area contributed by atoms with E-state index in [0.29, 0.717) is 0 Å². The molecule has 0 N–H and O–H groups in total. The van der Waals surface area contributed by atoms with Crippen molar-refractivity contribution in [2.24, 2.45) is 0 Å². The van der Waals surface area contributed by atoms with Crippen LogP contribution in [0.15, 0.2) is 88.7 Å². The van der Waals surface area contributed by atoms with E-state index in [1.54, 1.807) is 0 Å². The van der Waals surface area contributed by atoms with E-state index >= 15 is 0 Å². The first-order valence-corrected chi connectivity index (χ1v) is 7.87. The minimum atomic E-state index is 1.24. The molecule has 21 heavy (non-hydrogen) atoms. The zero-order chi connectivity index (χ0) is 14.1. The van der Waals surface area contributed by atoms with E-state index < -0.39 is 0 Å². The van der Waals surface area contributed by atoms with E-state index in [-0.39, 0.29) is 0 Å². The average Bonchev–Trinajstić information content (AvgIpc) is 2.55. The first-order valence-electron chi connectivity index (χ1n) is 7.05. The number of rotatable bonds is 1. The van der Waals surface area contributed by atoms with Crippen LogP contribution in [0.4, 0.5) is 0 Å². The molecule has 0 saturated carbocycles. The minimum absolute atomic E-state index is 1.24. The fourth-order valence-corrected chi connectivity index (χ4v) is 3.80. The molecule has 0 radical (unpaired) electrons. The highest BCUT2D eigenvalue weighted by molar-refractivity contribution is 7.99. The molecule has 0 unspecified atom stereocenters. The van der Waals surface area contributed by atoms with Crippen LogP contribution in [0.5, 0.6) is 0 Å². The summed E-state index contributed by atoms with van der Waals surface area (Å²) in [5.41, 5.74) is 5.20. The third-order valence-electron chi connectivity index (χ3n) is 3.68. The van der Waals surface area contributed by atoms with E-state index in [1.807, 2.05) is 11.8 Å². The molecule has 100 valence electrons. The third-order valence-corrected chi connectivity index (χ3v) is 4.84. The summed E-state index contributed by atoms with van der Waals surface area (Å²) in [5, 5.41) is 0. The Hall–Kier alpha value is -2.25. The Balaban J connectivity index is 1.96. The van der Waals surface area contributed by atoms with Gasteiger partial charge in [0.05, 0.1) is 0 Å². The summed E-state index contributed by atoms with van der Waals surface area (Å²) in [6.07, 6.45) is 2.29. The van der Waals surface area contributed by atoms with Crippen LogP contribution in [-0.2, 0) is 0 Å². The van der Waals surface area contributed by atoms with Gasteiger partial charge in [0, 0.05) is 9.79 Å². The lowest BCUT2D eigenvalue weighted by Gasteiger charge is -2.22. The fourth-order valence-electron chi connectivity index (χ4n) is 2.69. The third kappa shape index (κ3) is 2.30. The van der Waals surface area contributed by atoms with E-state index in [2.05, 4.69) is 84.9 Å². The van der Waals surface area contributed by atoms with Crippen molar-refractivity contribution in [3.05, 3.63) is 95.6 Å². The van der Waals surface area contributed by atoms with Gasteiger partial charge >= 0.3 is 0 Å². The topological polar surface area (TPSA) is 0 Å². The van der Waals surface area contributed by atoms with Gasteiger partial charge < -0.3 is 0 Å². The molecule has 0 aromatic heterocycles. The highest BCUT2D eigenvalue weighted by atomic mass is 32.2. The van der Waals surface area contributed by atoms with E-state index in [0.717, 1.165) is 0 Å². The van der Waals surface area contributed by atoms with Gasteiger partial charge in [-0.05, 0) is 40.5 Å². The largest absolute Gasteiger partial charge is 0.0888 e. The maximum Gasteiger partial charge on any atom is 0.0201 e. The monoisotopic (exact) mass is 286 g/mol. The van der Waals surface area contributed by atoms with Gasteiger partial charge in [-0.25, -0.2) is 0 Å². The van der Waals surface area contributed by atoms with Crippen molar-refractivity contribution >= 4 is 23.4 Å². The van der Waals surface area contributed by atoms with Crippen molar-refractivity contribution in [1.82, 2.24) is 0 Å². The van der Waals surface area contributed by atoms with Crippen molar-refractivity contribution < 1.29 is 0 Å². The Labute approximate surface area is 129 Å². The van der Waals surface area contributed by atoms with Crippen molar-refractivity contribution in [3.63, 3.8) is 0 Å². The molecule has 3 aromatic carbocycles. The van der Waals surface area contributed by atoms with Gasteiger partial charge in [-0.2, -0.15) is 0 Å². The lowest BCUT2D eigenvalue weighted by Crippen LogP contribution is -1.98. The van der Waals surface area contributed by atoms with Gasteiger partial charge in [0.1, 0.15) is 0 Å². The van der Waals surface area contributed by atoms with E-state index in [4.69, 9.17) is 0 Å². The van der Waals surface area contributed by atoms with Crippen molar-refractivity contribution in [3.8, 4) is 0 Å². The minimum Gasteiger partial charge on any atom is -0.0888 e. The smallest absolute Gasteiger partial charge is 0.0201 e. The molecule has 0 spiro atoms.